The van der Waals surface area contributed by atoms with E-state index in [0.717, 1.165) is 24.3 Å². The van der Waals surface area contributed by atoms with Crippen LogP contribution >= 0.6 is 23.4 Å². The van der Waals surface area contributed by atoms with E-state index >= 15 is 0 Å². The van der Waals surface area contributed by atoms with E-state index in [1.807, 2.05) is 54.2 Å². The maximum atomic E-state index is 12.9. The Balaban J connectivity index is 1.41. The molecule has 1 amide bonds. The molecule has 1 saturated heterocycles. The van der Waals surface area contributed by atoms with Gasteiger partial charge in [0.25, 0.3) is 5.91 Å². The van der Waals surface area contributed by atoms with Crippen LogP contribution in [0.4, 0.5) is 5.69 Å². The summed E-state index contributed by atoms with van der Waals surface area (Å²) >= 11 is 8.53. The van der Waals surface area contributed by atoms with Crippen molar-refractivity contribution in [2.24, 2.45) is 0 Å². The summed E-state index contributed by atoms with van der Waals surface area (Å²) in [6, 6.07) is 17.6. The van der Waals surface area contributed by atoms with Crippen LogP contribution in [0.3, 0.4) is 0 Å². The standard InChI is InChI=1S/C23H25ClN4OS/c1-17-21(22(24)28(26-17)20-5-3-2-4-6-20)23(29)25-19-9-7-18(8-10-19)11-12-27-13-15-30-16-14-27/h2-10H,11-16H2,1H3,(H,25,29). The van der Waals surface area contributed by atoms with E-state index in [4.69, 9.17) is 11.6 Å². The second kappa shape index (κ2) is 9.69. The van der Waals surface area contributed by atoms with Crippen molar-refractivity contribution in [1.82, 2.24) is 14.7 Å². The van der Waals surface area contributed by atoms with Crippen LogP contribution < -0.4 is 5.32 Å². The lowest BCUT2D eigenvalue weighted by Gasteiger charge is -2.26. The number of carbonyl (C=O) groups excluding carboxylic acids is 1. The number of nitrogens with zero attached hydrogens (tertiary/aromatic N) is 3. The largest absolute Gasteiger partial charge is 0.322 e. The fraction of sp³-hybridized carbons (Fsp3) is 0.304. The Bertz CT molecular complexity index is 998. The van der Waals surface area contributed by atoms with E-state index in [2.05, 4.69) is 27.4 Å². The number of hydrogen-bond donors (Lipinski definition) is 1. The third-order valence-electron chi connectivity index (χ3n) is 5.26. The van der Waals surface area contributed by atoms with Crippen molar-refractivity contribution in [2.45, 2.75) is 13.3 Å². The zero-order valence-electron chi connectivity index (χ0n) is 17.0. The molecule has 3 aromatic rings. The Morgan fingerprint density at radius 1 is 1.10 bits per heavy atom. The third kappa shape index (κ3) is 4.89. The number of rotatable bonds is 6. The number of nitrogens with one attached hydrogen (secondary N) is 1. The normalized spacial score (nSPS) is 14.6. The number of aromatic nitrogens is 2. The van der Waals surface area contributed by atoms with Crippen molar-refractivity contribution >= 4 is 35.0 Å². The van der Waals surface area contributed by atoms with E-state index in [0.29, 0.717) is 16.4 Å². The molecule has 30 heavy (non-hydrogen) atoms. The molecule has 1 aliphatic heterocycles. The van der Waals surface area contributed by atoms with Gasteiger partial charge < -0.3 is 10.2 Å². The first-order valence-electron chi connectivity index (χ1n) is 10.1. The minimum atomic E-state index is -0.252. The highest BCUT2D eigenvalue weighted by atomic mass is 35.5. The highest BCUT2D eigenvalue weighted by Crippen LogP contribution is 2.24. The molecule has 0 atom stereocenters. The van der Waals surface area contributed by atoms with Gasteiger partial charge in [-0.25, -0.2) is 4.68 Å². The van der Waals surface area contributed by atoms with E-state index in [-0.39, 0.29) is 5.91 Å². The molecule has 5 nitrogen and oxygen atoms in total. The molecule has 0 aliphatic carbocycles. The lowest BCUT2D eigenvalue weighted by Crippen LogP contribution is -2.34. The summed E-state index contributed by atoms with van der Waals surface area (Å²) in [6.07, 6.45) is 1.02. The molecular formula is C23H25ClN4OS. The minimum absolute atomic E-state index is 0.252. The van der Waals surface area contributed by atoms with Crippen molar-refractivity contribution in [2.75, 3.05) is 36.5 Å². The van der Waals surface area contributed by atoms with Gasteiger partial charge in [-0.2, -0.15) is 16.9 Å². The maximum Gasteiger partial charge on any atom is 0.260 e. The lowest BCUT2D eigenvalue weighted by atomic mass is 10.1. The van der Waals surface area contributed by atoms with Gasteiger partial charge in [0.15, 0.2) is 0 Å². The number of amides is 1. The molecule has 2 aromatic carbocycles. The predicted molar refractivity (Wildman–Crippen MR) is 125 cm³/mol. The summed E-state index contributed by atoms with van der Waals surface area (Å²) in [4.78, 5) is 15.4. The van der Waals surface area contributed by atoms with E-state index in [1.54, 1.807) is 11.6 Å². The summed E-state index contributed by atoms with van der Waals surface area (Å²) < 4.78 is 1.59. The van der Waals surface area contributed by atoms with Crippen LogP contribution in [0.25, 0.3) is 5.69 Å². The molecular weight excluding hydrogens is 416 g/mol. The number of benzene rings is 2. The molecule has 1 aromatic heterocycles. The van der Waals surface area contributed by atoms with Crippen molar-refractivity contribution in [3.8, 4) is 5.69 Å². The monoisotopic (exact) mass is 440 g/mol. The van der Waals surface area contributed by atoms with Crippen molar-refractivity contribution in [3.63, 3.8) is 0 Å². The molecule has 0 bridgehead atoms. The molecule has 1 aliphatic rings. The van der Waals surface area contributed by atoms with Gasteiger partial charge in [-0.15, -0.1) is 0 Å². The zero-order chi connectivity index (χ0) is 20.9. The highest BCUT2D eigenvalue weighted by molar-refractivity contribution is 7.99. The van der Waals surface area contributed by atoms with E-state index < -0.39 is 0 Å². The van der Waals surface area contributed by atoms with Crippen LogP contribution in [0.15, 0.2) is 54.6 Å². The number of halogens is 1. The number of anilines is 1. The van der Waals surface area contributed by atoms with Crippen LogP contribution in [-0.2, 0) is 6.42 Å². The Morgan fingerprint density at radius 3 is 2.50 bits per heavy atom. The van der Waals surface area contributed by atoms with Gasteiger partial charge in [0.2, 0.25) is 0 Å². The van der Waals surface area contributed by atoms with Gasteiger partial charge in [-0.05, 0) is 43.2 Å². The van der Waals surface area contributed by atoms with Gasteiger partial charge in [-0.3, -0.25) is 4.79 Å². The second-order valence-corrected chi connectivity index (χ2v) is 8.94. The first-order valence-corrected chi connectivity index (χ1v) is 11.7. The maximum absolute atomic E-state index is 12.9. The van der Waals surface area contributed by atoms with Crippen LogP contribution in [0.1, 0.15) is 21.6 Å². The molecule has 4 rings (SSSR count). The predicted octanol–water partition coefficient (Wildman–Crippen LogP) is 4.68. The topological polar surface area (TPSA) is 50.2 Å². The molecule has 0 saturated carbocycles. The van der Waals surface area contributed by atoms with Crippen molar-refractivity contribution in [1.29, 1.82) is 0 Å². The minimum Gasteiger partial charge on any atom is -0.322 e. The first kappa shape index (κ1) is 21.0. The Hall–Kier alpha value is -2.28. The van der Waals surface area contributed by atoms with Gasteiger partial charge in [0, 0.05) is 36.8 Å². The van der Waals surface area contributed by atoms with Gasteiger partial charge in [-0.1, -0.05) is 41.9 Å². The number of carbonyl (C=O) groups is 1. The molecule has 2 heterocycles. The number of hydrogen-bond acceptors (Lipinski definition) is 4. The molecule has 0 spiro atoms. The van der Waals surface area contributed by atoms with Crippen molar-refractivity contribution in [3.05, 3.63) is 76.6 Å². The molecule has 0 unspecified atom stereocenters. The molecule has 1 fully saturated rings. The van der Waals surface area contributed by atoms with Gasteiger partial charge in [0.05, 0.1) is 11.4 Å². The molecule has 7 heteroatoms. The van der Waals surface area contributed by atoms with Crippen LogP contribution in [-0.4, -0.2) is 51.7 Å². The van der Waals surface area contributed by atoms with E-state index in [1.165, 1.54) is 30.2 Å². The quantitative estimate of drug-likeness (QED) is 0.604. The van der Waals surface area contributed by atoms with Crippen LogP contribution in [0.2, 0.25) is 5.15 Å². The SMILES string of the molecule is Cc1nn(-c2ccccc2)c(Cl)c1C(=O)Nc1ccc(CCN2CCSCC2)cc1. The average molecular weight is 441 g/mol. The number of para-hydroxylation sites is 1. The average Bonchev–Trinajstić information content (AvgIpc) is 3.08. The molecule has 156 valence electrons. The Kier molecular flexibility index (Phi) is 6.77. The highest BCUT2D eigenvalue weighted by Gasteiger charge is 2.21. The van der Waals surface area contributed by atoms with Crippen LogP contribution in [0, 0.1) is 6.92 Å². The fourth-order valence-electron chi connectivity index (χ4n) is 3.56. The lowest BCUT2D eigenvalue weighted by molar-refractivity contribution is 0.102. The number of thioether (sulfide) groups is 1. The van der Waals surface area contributed by atoms with Crippen molar-refractivity contribution < 1.29 is 4.79 Å². The molecule has 0 radical (unpaired) electrons. The first-order chi connectivity index (χ1) is 14.6. The van der Waals surface area contributed by atoms with Crippen LogP contribution in [0.5, 0.6) is 0 Å². The zero-order valence-corrected chi connectivity index (χ0v) is 18.5. The van der Waals surface area contributed by atoms with Gasteiger partial charge >= 0.3 is 0 Å². The summed E-state index contributed by atoms with van der Waals surface area (Å²) in [5, 5.41) is 7.70. The number of aryl methyl sites for hydroxylation is 1. The Morgan fingerprint density at radius 2 is 1.80 bits per heavy atom. The van der Waals surface area contributed by atoms with E-state index in [9.17, 15) is 4.79 Å². The summed E-state index contributed by atoms with van der Waals surface area (Å²) in [7, 11) is 0. The Labute approximate surface area is 186 Å². The molecule has 1 N–H and O–H groups in total. The summed E-state index contributed by atoms with van der Waals surface area (Å²) in [5.74, 6) is 2.21. The second-order valence-electron chi connectivity index (χ2n) is 7.35. The fourth-order valence-corrected chi connectivity index (χ4v) is 4.89. The summed E-state index contributed by atoms with van der Waals surface area (Å²) in [5.41, 5.74) is 3.84. The third-order valence-corrected chi connectivity index (χ3v) is 6.56. The summed E-state index contributed by atoms with van der Waals surface area (Å²) in [6.45, 7) is 5.23. The van der Waals surface area contributed by atoms with Gasteiger partial charge in [0.1, 0.15) is 10.7 Å². The smallest absolute Gasteiger partial charge is 0.260 e.